The number of anilines is 1. The normalized spacial score (nSPS) is 15.1. The maximum atomic E-state index is 13.6. The number of carbonyl (C=O) groups is 1. The Hall–Kier alpha value is -3.52. The molecule has 0 radical (unpaired) electrons. The summed E-state index contributed by atoms with van der Waals surface area (Å²) in [6.07, 6.45) is 2.79. The zero-order chi connectivity index (χ0) is 26.8. The molecular weight excluding hydrogens is 503 g/mol. The molecule has 5 rings (SSSR count). The fourth-order valence-electron chi connectivity index (χ4n) is 5.09. The van der Waals surface area contributed by atoms with E-state index in [0.29, 0.717) is 35.9 Å². The molecule has 1 atom stereocenters. The minimum absolute atomic E-state index is 0.0529. The number of hydrogen-bond donors (Lipinski definition) is 0. The molecule has 3 heterocycles. The van der Waals surface area contributed by atoms with Gasteiger partial charge in [-0.15, -0.1) is 0 Å². The molecule has 198 valence electrons. The number of benzene rings is 2. The van der Waals surface area contributed by atoms with E-state index >= 15 is 0 Å². The van der Waals surface area contributed by atoms with Crippen LogP contribution in [0, 0.1) is 12.7 Å². The molecule has 0 spiro atoms. The van der Waals surface area contributed by atoms with Crippen LogP contribution in [-0.2, 0) is 0 Å². The third-order valence-electron chi connectivity index (χ3n) is 7.12. The van der Waals surface area contributed by atoms with Gasteiger partial charge in [-0.3, -0.25) is 4.79 Å². The van der Waals surface area contributed by atoms with Gasteiger partial charge < -0.3 is 9.80 Å². The summed E-state index contributed by atoms with van der Waals surface area (Å²) < 4.78 is 15.4. The number of hydrogen-bond acceptors (Lipinski definition) is 5. The Morgan fingerprint density at radius 2 is 1.82 bits per heavy atom. The Balaban J connectivity index is 1.53. The van der Waals surface area contributed by atoms with Crippen LogP contribution in [0.3, 0.4) is 0 Å². The van der Waals surface area contributed by atoms with E-state index in [-0.39, 0.29) is 17.6 Å². The Labute approximate surface area is 227 Å². The van der Waals surface area contributed by atoms with Crippen LogP contribution in [-0.4, -0.2) is 56.7 Å². The summed E-state index contributed by atoms with van der Waals surface area (Å²) in [6.45, 7) is 8.83. The quantitative estimate of drug-likeness (QED) is 0.296. The second-order valence-corrected chi connectivity index (χ2v) is 10.3. The number of carbonyl (C=O) groups excluding carboxylic acids is 1. The van der Waals surface area contributed by atoms with Crippen LogP contribution in [0.15, 0.2) is 48.5 Å². The molecule has 1 fully saturated rings. The minimum Gasteiger partial charge on any atom is -0.354 e. The van der Waals surface area contributed by atoms with Gasteiger partial charge in [0.1, 0.15) is 17.5 Å². The van der Waals surface area contributed by atoms with Crippen LogP contribution >= 0.6 is 11.6 Å². The number of fused-ring (bicyclic) bond motifs is 1. The molecule has 4 aromatic rings. The number of aryl methyl sites for hydroxylation is 1. The Morgan fingerprint density at radius 3 is 2.55 bits per heavy atom. The molecule has 2 aromatic heterocycles. The SMILES string of the molecule is CCCC(C)c1nc(N2CCCN(C(=O)c3ccccc3Cl)CC2)c2c(C)nn(-c3ccc(F)cc3)c2n1. The first-order valence-electron chi connectivity index (χ1n) is 13.2. The zero-order valence-electron chi connectivity index (χ0n) is 22.0. The van der Waals surface area contributed by atoms with Crippen molar-refractivity contribution in [2.45, 2.75) is 46.0 Å². The molecule has 1 amide bonds. The highest BCUT2D eigenvalue weighted by atomic mass is 35.5. The highest BCUT2D eigenvalue weighted by Gasteiger charge is 2.27. The van der Waals surface area contributed by atoms with E-state index in [1.165, 1.54) is 12.1 Å². The van der Waals surface area contributed by atoms with Gasteiger partial charge in [0.2, 0.25) is 0 Å². The van der Waals surface area contributed by atoms with E-state index in [1.54, 1.807) is 28.9 Å². The second-order valence-electron chi connectivity index (χ2n) is 9.88. The standard InChI is InChI=1S/C29H32ClFN6O/c1-4-8-19(2)26-32-27(25-20(3)34-37(28(25)33-26)22-13-11-21(31)12-14-22)35-15-7-16-36(18-17-35)29(38)23-9-5-6-10-24(23)30/h5-6,9-14,19H,4,7-8,15-18H2,1-3H3. The van der Waals surface area contributed by atoms with Crippen molar-refractivity contribution in [2.24, 2.45) is 0 Å². The van der Waals surface area contributed by atoms with E-state index in [2.05, 4.69) is 18.7 Å². The fraction of sp³-hybridized carbons (Fsp3) is 0.379. The van der Waals surface area contributed by atoms with E-state index < -0.39 is 0 Å². The van der Waals surface area contributed by atoms with Gasteiger partial charge in [0.15, 0.2) is 5.65 Å². The number of rotatable bonds is 6. The number of amides is 1. The largest absolute Gasteiger partial charge is 0.354 e. The summed E-state index contributed by atoms with van der Waals surface area (Å²) in [7, 11) is 0. The molecule has 7 nitrogen and oxygen atoms in total. The average Bonchev–Trinajstić information content (AvgIpc) is 3.08. The molecule has 0 saturated carbocycles. The van der Waals surface area contributed by atoms with Gasteiger partial charge in [-0.2, -0.15) is 5.10 Å². The van der Waals surface area contributed by atoms with Crippen LogP contribution in [0.5, 0.6) is 0 Å². The highest BCUT2D eigenvalue weighted by molar-refractivity contribution is 6.33. The van der Waals surface area contributed by atoms with Crippen LogP contribution in [0.1, 0.15) is 60.9 Å². The summed E-state index contributed by atoms with van der Waals surface area (Å²) in [5.41, 5.74) is 2.79. The van der Waals surface area contributed by atoms with Gasteiger partial charge in [0.05, 0.1) is 27.4 Å². The van der Waals surface area contributed by atoms with E-state index in [4.69, 9.17) is 26.7 Å². The van der Waals surface area contributed by atoms with Gasteiger partial charge in [-0.1, -0.05) is 44.0 Å². The fourth-order valence-corrected chi connectivity index (χ4v) is 5.31. The average molecular weight is 535 g/mol. The molecule has 2 aromatic carbocycles. The number of nitrogens with zero attached hydrogens (tertiary/aromatic N) is 6. The molecule has 1 aliphatic heterocycles. The lowest BCUT2D eigenvalue weighted by atomic mass is 10.1. The van der Waals surface area contributed by atoms with Crippen LogP contribution in [0.2, 0.25) is 5.02 Å². The summed E-state index contributed by atoms with van der Waals surface area (Å²) in [6, 6.07) is 13.5. The predicted molar refractivity (Wildman–Crippen MR) is 149 cm³/mol. The van der Waals surface area contributed by atoms with Crippen molar-refractivity contribution in [3.05, 3.63) is 76.5 Å². The molecular formula is C29H32ClFN6O. The first kappa shape index (κ1) is 26.1. The first-order chi connectivity index (χ1) is 18.4. The maximum Gasteiger partial charge on any atom is 0.255 e. The van der Waals surface area contributed by atoms with Gasteiger partial charge >= 0.3 is 0 Å². The summed E-state index contributed by atoms with van der Waals surface area (Å²) in [4.78, 5) is 27.4. The van der Waals surface area contributed by atoms with Crippen molar-refractivity contribution in [2.75, 3.05) is 31.1 Å². The van der Waals surface area contributed by atoms with E-state index in [1.807, 2.05) is 24.0 Å². The summed E-state index contributed by atoms with van der Waals surface area (Å²) in [5, 5.41) is 6.14. The lowest BCUT2D eigenvalue weighted by molar-refractivity contribution is 0.0767. The Morgan fingerprint density at radius 1 is 1.05 bits per heavy atom. The summed E-state index contributed by atoms with van der Waals surface area (Å²) in [5.74, 6) is 1.43. The smallest absolute Gasteiger partial charge is 0.255 e. The third kappa shape index (κ3) is 5.10. The van der Waals surface area contributed by atoms with Crippen LogP contribution < -0.4 is 4.90 Å². The monoisotopic (exact) mass is 534 g/mol. The molecule has 0 bridgehead atoms. The van der Waals surface area contributed by atoms with Crippen molar-refractivity contribution in [1.82, 2.24) is 24.6 Å². The van der Waals surface area contributed by atoms with Crippen molar-refractivity contribution in [3.8, 4) is 5.69 Å². The van der Waals surface area contributed by atoms with E-state index in [9.17, 15) is 9.18 Å². The second kappa shape index (κ2) is 11.1. The molecule has 1 unspecified atom stereocenters. The van der Waals surface area contributed by atoms with Crippen molar-refractivity contribution >= 4 is 34.4 Å². The molecule has 9 heteroatoms. The van der Waals surface area contributed by atoms with Gasteiger partial charge in [-0.25, -0.2) is 19.0 Å². The molecule has 38 heavy (non-hydrogen) atoms. The van der Waals surface area contributed by atoms with Crippen molar-refractivity contribution in [1.29, 1.82) is 0 Å². The Kier molecular flexibility index (Phi) is 7.61. The lowest BCUT2D eigenvalue weighted by Gasteiger charge is -2.25. The van der Waals surface area contributed by atoms with E-state index in [0.717, 1.165) is 54.2 Å². The third-order valence-corrected chi connectivity index (χ3v) is 7.45. The summed E-state index contributed by atoms with van der Waals surface area (Å²) >= 11 is 6.32. The highest BCUT2D eigenvalue weighted by Crippen LogP contribution is 2.32. The van der Waals surface area contributed by atoms with Gasteiger partial charge in [0.25, 0.3) is 5.91 Å². The molecule has 0 aliphatic carbocycles. The first-order valence-corrected chi connectivity index (χ1v) is 13.6. The number of halogens is 2. The zero-order valence-corrected chi connectivity index (χ0v) is 22.7. The topological polar surface area (TPSA) is 67.2 Å². The molecule has 1 saturated heterocycles. The maximum absolute atomic E-state index is 13.6. The van der Waals surface area contributed by atoms with Crippen molar-refractivity contribution in [3.63, 3.8) is 0 Å². The van der Waals surface area contributed by atoms with Crippen LogP contribution in [0.4, 0.5) is 10.2 Å². The van der Waals surface area contributed by atoms with Gasteiger partial charge in [-0.05, 0) is 56.2 Å². The lowest BCUT2D eigenvalue weighted by Crippen LogP contribution is -2.35. The van der Waals surface area contributed by atoms with Crippen LogP contribution in [0.25, 0.3) is 16.7 Å². The number of aromatic nitrogens is 4. The Bertz CT molecular complexity index is 1450. The predicted octanol–water partition coefficient (Wildman–Crippen LogP) is 6.17. The van der Waals surface area contributed by atoms with Gasteiger partial charge in [0, 0.05) is 32.1 Å². The molecule has 1 aliphatic rings. The van der Waals surface area contributed by atoms with Crippen molar-refractivity contribution < 1.29 is 9.18 Å². The minimum atomic E-state index is -0.296. The molecule has 0 N–H and O–H groups in total.